The average molecular weight is 329 g/mol. The van der Waals surface area contributed by atoms with Gasteiger partial charge in [0.15, 0.2) is 0 Å². The molecule has 7 atom stereocenters. The van der Waals surface area contributed by atoms with Gasteiger partial charge in [-0.15, -0.1) is 6.42 Å². The van der Waals surface area contributed by atoms with E-state index in [1.807, 2.05) is 0 Å². The lowest BCUT2D eigenvalue weighted by atomic mass is 9.41. The van der Waals surface area contributed by atoms with Crippen molar-refractivity contribution in [2.75, 3.05) is 0 Å². The highest BCUT2D eigenvalue weighted by Crippen LogP contribution is 2.70. The fourth-order valence-corrected chi connectivity index (χ4v) is 8.45. The van der Waals surface area contributed by atoms with Crippen LogP contribution in [-0.2, 0) is 0 Å². The topological polar surface area (TPSA) is 20.2 Å². The zero-order valence-corrected chi connectivity index (χ0v) is 16.2. The quantitative estimate of drug-likeness (QED) is 0.589. The van der Waals surface area contributed by atoms with Crippen LogP contribution in [0, 0.1) is 52.3 Å². The monoisotopic (exact) mass is 328 g/mol. The fraction of sp³-hybridized carbons (Fsp3) is 0.913. The van der Waals surface area contributed by atoms with Gasteiger partial charge in [0.05, 0.1) is 0 Å². The van der Waals surface area contributed by atoms with Gasteiger partial charge in [-0.25, -0.2) is 0 Å². The first kappa shape index (κ1) is 17.0. The Morgan fingerprint density at radius 2 is 1.58 bits per heavy atom. The number of fused-ring (bicyclic) bond motifs is 5. The van der Waals surface area contributed by atoms with Crippen LogP contribution >= 0.6 is 0 Å². The number of hydrogen-bond donors (Lipinski definition) is 1. The molecule has 1 N–H and O–H groups in total. The van der Waals surface area contributed by atoms with Gasteiger partial charge in [-0.2, -0.15) is 0 Å². The van der Waals surface area contributed by atoms with Crippen LogP contribution in [0.5, 0.6) is 0 Å². The molecule has 0 aromatic rings. The standard InChI is InChI=1S/C23H36O/c1-6-23(24)15-11-18-16-8-9-19-20(2,3)12-7-13-21(19,4)17(16)10-14-22(18,23)5/h1,16-19,24H,7-15H2,2-5H3/t16-,17-,18-,19-,21-,22-,23+/m1/s1. The Morgan fingerprint density at radius 1 is 0.875 bits per heavy atom. The van der Waals surface area contributed by atoms with E-state index in [1.165, 1.54) is 38.5 Å². The Hall–Kier alpha value is -0.480. The van der Waals surface area contributed by atoms with Gasteiger partial charge in [-0.3, -0.25) is 0 Å². The van der Waals surface area contributed by atoms with E-state index >= 15 is 0 Å². The van der Waals surface area contributed by atoms with Crippen molar-refractivity contribution in [3.63, 3.8) is 0 Å². The summed E-state index contributed by atoms with van der Waals surface area (Å²) in [4.78, 5) is 0. The molecule has 0 aliphatic heterocycles. The Kier molecular flexibility index (Phi) is 3.56. The highest BCUT2D eigenvalue weighted by atomic mass is 16.3. The molecule has 0 heterocycles. The second-order valence-electron chi connectivity index (χ2n) is 10.9. The summed E-state index contributed by atoms with van der Waals surface area (Å²) >= 11 is 0. The summed E-state index contributed by atoms with van der Waals surface area (Å²) in [5.41, 5.74) is 0.124. The zero-order chi connectivity index (χ0) is 17.4. The van der Waals surface area contributed by atoms with Crippen LogP contribution in [0.2, 0.25) is 0 Å². The van der Waals surface area contributed by atoms with Gasteiger partial charge in [0.25, 0.3) is 0 Å². The second-order valence-corrected chi connectivity index (χ2v) is 10.9. The smallest absolute Gasteiger partial charge is 0.130 e. The normalized spacial score (nSPS) is 55.8. The highest BCUT2D eigenvalue weighted by molar-refractivity contribution is 5.23. The summed E-state index contributed by atoms with van der Waals surface area (Å²) in [6.45, 7) is 9.98. The SMILES string of the molecule is C#C[C@]1(O)CC[C@@H]2[C@@H]3CC[C@@H]4C(C)(C)CCC[C@]4(C)[C@@H]3CC[C@]21C. The second kappa shape index (κ2) is 5.03. The Bertz CT molecular complexity index is 571. The third-order valence-electron chi connectivity index (χ3n) is 9.74. The maximum absolute atomic E-state index is 11.1. The molecule has 0 bridgehead atoms. The molecule has 4 saturated carbocycles. The first-order valence-electron chi connectivity index (χ1n) is 10.4. The van der Waals surface area contributed by atoms with Crippen LogP contribution in [0.3, 0.4) is 0 Å². The molecular weight excluding hydrogens is 292 g/mol. The number of terminal acetylenes is 1. The van der Waals surface area contributed by atoms with Crippen molar-refractivity contribution < 1.29 is 5.11 Å². The zero-order valence-electron chi connectivity index (χ0n) is 16.2. The van der Waals surface area contributed by atoms with Crippen LogP contribution < -0.4 is 0 Å². The summed E-state index contributed by atoms with van der Waals surface area (Å²) in [7, 11) is 0. The maximum atomic E-state index is 11.1. The predicted octanol–water partition coefficient (Wildman–Crippen LogP) is 5.42. The van der Waals surface area contributed by atoms with E-state index in [9.17, 15) is 5.11 Å². The van der Waals surface area contributed by atoms with Crippen molar-refractivity contribution in [1.29, 1.82) is 0 Å². The molecule has 0 aromatic carbocycles. The van der Waals surface area contributed by atoms with Crippen molar-refractivity contribution in [2.45, 2.75) is 91.1 Å². The predicted molar refractivity (Wildman–Crippen MR) is 99.3 cm³/mol. The lowest BCUT2D eigenvalue weighted by Crippen LogP contribution is -2.58. The molecule has 1 nitrogen and oxygen atoms in total. The molecule has 4 aliphatic carbocycles. The summed E-state index contributed by atoms with van der Waals surface area (Å²) in [6, 6.07) is 0. The third kappa shape index (κ3) is 1.93. The van der Waals surface area contributed by atoms with Gasteiger partial charge >= 0.3 is 0 Å². The van der Waals surface area contributed by atoms with E-state index in [4.69, 9.17) is 6.42 Å². The molecule has 134 valence electrons. The summed E-state index contributed by atoms with van der Waals surface area (Å²) < 4.78 is 0. The van der Waals surface area contributed by atoms with Crippen molar-refractivity contribution in [3.8, 4) is 12.3 Å². The lowest BCUT2D eigenvalue weighted by molar-refractivity contribution is -0.159. The largest absolute Gasteiger partial charge is 0.377 e. The van der Waals surface area contributed by atoms with Crippen LogP contribution in [0.25, 0.3) is 0 Å². The minimum Gasteiger partial charge on any atom is -0.377 e. The molecule has 0 amide bonds. The minimum atomic E-state index is -0.855. The molecule has 4 rings (SSSR count). The highest BCUT2D eigenvalue weighted by Gasteiger charge is 2.65. The van der Waals surface area contributed by atoms with E-state index in [-0.39, 0.29) is 5.41 Å². The van der Waals surface area contributed by atoms with Crippen LogP contribution in [0.4, 0.5) is 0 Å². The number of hydrogen-bond acceptors (Lipinski definition) is 1. The van der Waals surface area contributed by atoms with Crippen LogP contribution in [-0.4, -0.2) is 10.7 Å². The summed E-state index contributed by atoms with van der Waals surface area (Å²) in [6.07, 6.45) is 17.2. The molecule has 0 unspecified atom stereocenters. The first-order valence-corrected chi connectivity index (χ1v) is 10.4. The Balaban J connectivity index is 1.68. The first-order chi connectivity index (χ1) is 11.2. The van der Waals surface area contributed by atoms with E-state index < -0.39 is 5.60 Å². The van der Waals surface area contributed by atoms with Gasteiger partial charge in [-0.1, -0.05) is 40.0 Å². The third-order valence-corrected chi connectivity index (χ3v) is 9.74. The van der Waals surface area contributed by atoms with Gasteiger partial charge in [0, 0.05) is 5.41 Å². The van der Waals surface area contributed by atoms with Crippen molar-refractivity contribution >= 4 is 0 Å². The molecule has 0 aromatic heterocycles. The molecule has 4 aliphatic rings. The lowest BCUT2D eigenvalue weighted by Gasteiger charge is -2.64. The maximum Gasteiger partial charge on any atom is 0.130 e. The molecule has 0 spiro atoms. The summed E-state index contributed by atoms with van der Waals surface area (Å²) in [5.74, 6) is 5.98. The Labute approximate surface area is 149 Å². The van der Waals surface area contributed by atoms with Crippen LogP contribution in [0.15, 0.2) is 0 Å². The number of rotatable bonds is 0. The fourth-order valence-electron chi connectivity index (χ4n) is 8.45. The van der Waals surface area contributed by atoms with Crippen molar-refractivity contribution in [1.82, 2.24) is 0 Å². The van der Waals surface area contributed by atoms with Gasteiger partial charge in [-0.05, 0) is 85.9 Å². The molecule has 1 heteroatoms. The molecule has 0 saturated heterocycles. The molecular formula is C23H36O. The Morgan fingerprint density at radius 3 is 2.29 bits per heavy atom. The van der Waals surface area contributed by atoms with E-state index in [1.54, 1.807) is 0 Å². The number of aliphatic hydroxyl groups is 1. The van der Waals surface area contributed by atoms with Crippen LogP contribution in [0.1, 0.15) is 85.5 Å². The minimum absolute atomic E-state index is 0.0453. The summed E-state index contributed by atoms with van der Waals surface area (Å²) in [5, 5.41) is 11.1. The van der Waals surface area contributed by atoms with Crippen molar-refractivity contribution in [3.05, 3.63) is 0 Å². The van der Waals surface area contributed by atoms with Gasteiger partial charge < -0.3 is 5.11 Å². The van der Waals surface area contributed by atoms with Crippen molar-refractivity contribution in [2.24, 2.45) is 39.9 Å². The molecule has 0 radical (unpaired) electrons. The van der Waals surface area contributed by atoms with E-state index in [0.717, 1.165) is 37.0 Å². The van der Waals surface area contributed by atoms with E-state index in [0.29, 0.717) is 16.7 Å². The van der Waals surface area contributed by atoms with E-state index in [2.05, 4.69) is 33.6 Å². The average Bonchev–Trinajstić information content (AvgIpc) is 2.79. The van der Waals surface area contributed by atoms with Gasteiger partial charge in [0.1, 0.15) is 5.60 Å². The molecule has 4 fully saturated rings. The molecule has 24 heavy (non-hydrogen) atoms. The van der Waals surface area contributed by atoms with Gasteiger partial charge in [0.2, 0.25) is 0 Å².